The normalized spacial score (nSPS) is 18.3. The van der Waals surface area contributed by atoms with E-state index in [4.69, 9.17) is 9.73 Å². The molecule has 170 valence electrons. The molecule has 1 aromatic rings. The number of aryl methyl sites for hydroxylation is 1. The summed E-state index contributed by atoms with van der Waals surface area (Å²) >= 11 is 0. The van der Waals surface area contributed by atoms with Gasteiger partial charge < -0.3 is 15.0 Å². The molecule has 1 aliphatic rings. The fourth-order valence-corrected chi connectivity index (χ4v) is 3.68. The lowest BCUT2D eigenvalue weighted by Gasteiger charge is -2.36. The van der Waals surface area contributed by atoms with Crippen LogP contribution in [0.1, 0.15) is 32.4 Å². The predicted molar refractivity (Wildman–Crippen MR) is 135 cm³/mol. The summed E-state index contributed by atoms with van der Waals surface area (Å²) < 4.78 is 7.81. The maximum absolute atomic E-state index is 5.99. The third-order valence-corrected chi connectivity index (χ3v) is 5.19. The average Bonchev–Trinajstić information content (AvgIpc) is 3.14. The van der Waals surface area contributed by atoms with Crippen molar-refractivity contribution in [2.45, 2.75) is 32.9 Å². The van der Waals surface area contributed by atoms with Gasteiger partial charge in [-0.3, -0.25) is 14.6 Å². The predicted octanol–water partition coefficient (Wildman–Crippen LogP) is 3.08. The van der Waals surface area contributed by atoms with E-state index in [0.717, 1.165) is 50.8 Å². The molecule has 0 amide bonds. The van der Waals surface area contributed by atoms with Crippen LogP contribution in [0.2, 0.25) is 0 Å². The summed E-state index contributed by atoms with van der Waals surface area (Å²) in [5, 5.41) is 7.75. The molecule has 2 unspecified atom stereocenters. The van der Waals surface area contributed by atoms with Crippen molar-refractivity contribution < 1.29 is 4.74 Å². The maximum atomic E-state index is 5.99. The molecule has 0 aromatic carbocycles. The summed E-state index contributed by atoms with van der Waals surface area (Å²) in [4.78, 5) is 9.71. The van der Waals surface area contributed by atoms with Gasteiger partial charge in [0.2, 0.25) is 0 Å². The Kier molecular flexibility index (Phi) is 12.3. The van der Waals surface area contributed by atoms with Gasteiger partial charge in [0.15, 0.2) is 5.96 Å². The summed E-state index contributed by atoms with van der Waals surface area (Å²) in [6, 6.07) is 0.329. The number of halogens is 1. The molecule has 2 heterocycles. The second-order valence-electron chi connectivity index (χ2n) is 7.79. The number of aliphatic imine (C=N–C) groups is 1. The summed E-state index contributed by atoms with van der Waals surface area (Å²) in [7, 11) is 1.93. The van der Waals surface area contributed by atoms with Gasteiger partial charge in [-0.15, -0.1) is 37.1 Å². The van der Waals surface area contributed by atoms with Crippen LogP contribution < -0.4 is 5.32 Å². The molecule has 1 N–H and O–H groups in total. The van der Waals surface area contributed by atoms with Crippen LogP contribution >= 0.6 is 24.0 Å². The van der Waals surface area contributed by atoms with Gasteiger partial charge in [0.1, 0.15) is 6.10 Å². The van der Waals surface area contributed by atoms with Crippen molar-refractivity contribution in [3.8, 4) is 0 Å². The van der Waals surface area contributed by atoms with Gasteiger partial charge in [-0.1, -0.05) is 26.0 Å². The largest absolute Gasteiger partial charge is 0.370 e. The molecule has 1 aromatic heterocycles. The van der Waals surface area contributed by atoms with Gasteiger partial charge in [-0.2, -0.15) is 5.10 Å². The quantitative estimate of drug-likeness (QED) is 0.218. The number of guanidine groups is 1. The van der Waals surface area contributed by atoms with Crippen LogP contribution in [0.5, 0.6) is 0 Å². The number of hydrogen-bond donors (Lipinski definition) is 1. The van der Waals surface area contributed by atoms with Crippen LogP contribution in [0, 0.1) is 5.92 Å². The monoisotopic (exact) mass is 530 g/mol. The number of ether oxygens (including phenoxy) is 1. The Bertz CT molecular complexity index is 664. The minimum Gasteiger partial charge on any atom is -0.370 e. The van der Waals surface area contributed by atoms with Crippen molar-refractivity contribution in [3.05, 3.63) is 43.3 Å². The summed E-state index contributed by atoms with van der Waals surface area (Å²) in [5.74, 6) is 1.43. The lowest BCUT2D eigenvalue weighted by molar-refractivity contribution is -0.00810. The highest BCUT2D eigenvalue weighted by Gasteiger charge is 2.26. The Morgan fingerprint density at radius 1 is 1.40 bits per heavy atom. The molecular formula is C22H39IN6O. The maximum Gasteiger partial charge on any atom is 0.194 e. The lowest BCUT2D eigenvalue weighted by Crippen LogP contribution is -2.49. The first-order valence-corrected chi connectivity index (χ1v) is 10.6. The van der Waals surface area contributed by atoms with E-state index in [0.29, 0.717) is 18.6 Å². The summed E-state index contributed by atoms with van der Waals surface area (Å²) in [5.41, 5.74) is 1.11. The highest BCUT2D eigenvalue weighted by Crippen LogP contribution is 2.22. The van der Waals surface area contributed by atoms with E-state index in [2.05, 4.69) is 54.1 Å². The van der Waals surface area contributed by atoms with E-state index < -0.39 is 0 Å². The van der Waals surface area contributed by atoms with Crippen LogP contribution in [0.15, 0.2) is 42.7 Å². The SMILES string of the molecule is C=CCN(CC=C)C(CN=C(NCC)N1CCOC(c2cnn(C)c2)C1)C(C)C.I. The van der Waals surface area contributed by atoms with E-state index in [1.165, 1.54) is 0 Å². The molecule has 8 heteroatoms. The van der Waals surface area contributed by atoms with Crippen LogP contribution in [-0.4, -0.2) is 77.5 Å². The Hall–Kier alpha value is -1.39. The van der Waals surface area contributed by atoms with Crippen molar-refractivity contribution in [1.82, 2.24) is 24.9 Å². The smallest absolute Gasteiger partial charge is 0.194 e. The minimum atomic E-state index is 0. The average molecular weight is 530 g/mol. The molecule has 2 atom stereocenters. The molecule has 0 spiro atoms. The molecule has 30 heavy (non-hydrogen) atoms. The topological polar surface area (TPSA) is 57.9 Å². The van der Waals surface area contributed by atoms with Crippen molar-refractivity contribution in [1.29, 1.82) is 0 Å². The number of aromatic nitrogens is 2. The fourth-order valence-electron chi connectivity index (χ4n) is 3.68. The number of rotatable bonds is 10. The van der Waals surface area contributed by atoms with E-state index in [1.54, 1.807) is 0 Å². The number of hydrogen-bond acceptors (Lipinski definition) is 4. The molecule has 1 fully saturated rings. The van der Waals surface area contributed by atoms with Gasteiger partial charge in [-0.25, -0.2) is 0 Å². The van der Waals surface area contributed by atoms with Crippen LogP contribution in [0.25, 0.3) is 0 Å². The van der Waals surface area contributed by atoms with Crippen molar-refractivity contribution >= 4 is 29.9 Å². The molecule has 0 aliphatic carbocycles. The third kappa shape index (κ3) is 7.70. The second-order valence-corrected chi connectivity index (χ2v) is 7.79. The van der Waals surface area contributed by atoms with Crippen LogP contribution in [-0.2, 0) is 11.8 Å². The number of nitrogens with one attached hydrogen (secondary N) is 1. The molecule has 1 aliphatic heterocycles. The first-order valence-electron chi connectivity index (χ1n) is 10.6. The zero-order valence-corrected chi connectivity index (χ0v) is 21.3. The fraction of sp³-hybridized carbons (Fsp3) is 0.636. The van der Waals surface area contributed by atoms with Crippen LogP contribution in [0.3, 0.4) is 0 Å². The second kappa shape index (κ2) is 13.8. The van der Waals surface area contributed by atoms with E-state index >= 15 is 0 Å². The Morgan fingerprint density at radius 2 is 2.10 bits per heavy atom. The zero-order chi connectivity index (χ0) is 21.2. The number of morpholine rings is 1. The Balaban J connectivity index is 0.00000450. The van der Waals surface area contributed by atoms with E-state index in [-0.39, 0.29) is 30.1 Å². The first-order chi connectivity index (χ1) is 14.0. The van der Waals surface area contributed by atoms with Gasteiger partial charge in [0.25, 0.3) is 0 Å². The molecular weight excluding hydrogens is 491 g/mol. The third-order valence-electron chi connectivity index (χ3n) is 5.19. The highest BCUT2D eigenvalue weighted by molar-refractivity contribution is 14.0. The first kappa shape index (κ1) is 26.6. The molecule has 0 radical (unpaired) electrons. The minimum absolute atomic E-state index is 0. The summed E-state index contributed by atoms with van der Waals surface area (Å²) in [6.07, 6.45) is 7.83. The van der Waals surface area contributed by atoms with E-state index in [1.807, 2.05) is 36.3 Å². The van der Waals surface area contributed by atoms with Crippen molar-refractivity contribution in [3.63, 3.8) is 0 Å². The van der Waals surface area contributed by atoms with E-state index in [9.17, 15) is 0 Å². The molecule has 2 rings (SSSR count). The zero-order valence-electron chi connectivity index (χ0n) is 19.0. The van der Waals surface area contributed by atoms with Gasteiger partial charge in [0.05, 0.1) is 25.9 Å². The van der Waals surface area contributed by atoms with Gasteiger partial charge >= 0.3 is 0 Å². The summed E-state index contributed by atoms with van der Waals surface area (Å²) in [6.45, 7) is 19.9. The molecule has 0 saturated carbocycles. The molecule has 1 saturated heterocycles. The van der Waals surface area contributed by atoms with Gasteiger partial charge in [0, 0.05) is 51.0 Å². The molecule has 7 nitrogen and oxygen atoms in total. The highest BCUT2D eigenvalue weighted by atomic mass is 127. The number of nitrogens with zero attached hydrogens (tertiary/aromatic N) is 5. The van der Waals surface area contributed by atoms with Crippen molar-refractivity contribution in [2.75, 3.05) is 45.9 Å². The molecule has 0 bridgehead atoms. The Morgan fingerprint density at radius 3 is 2.63 bits per heavy atom. The lowest BCUT2D eigenvalue weighted by atomic mass is 10.0. The Labute approximate surface area is 199 Å². The van der Waals surface area contributed by atoms with Crippen LogP contribution in [0.4, 0.5) is 0 Å². The standard InChI is InChI=1S/C22H38N6O.HI/c1-7-10-27(11-8-2)20(18(4)5)15-24-22(23-9-3)28-12-13-29-21(17-28)19-14-25-26(6)16-19;/h7-8,14,16,18,20-21H,1-2,9-13,15,17H2,3-6H3,(H,23,24);1H. The van der Waals surface area contributed by atoms with Gasteiger partial charge in [-0.05, 0) is 12.8 Å². The van der Waals surface area contributed by atoms with Crippen molar-refractivity contribution in [2.24, 2.45) is 18.0 Å².